The van der Waals surface area contributed by atoms with Gasteiger partial charge < -0.3 is 9.30 Å². The van der Waals surface area contributed by atoms with Crippen molar-refractivity contribution in [3.8, 4) is 0 Å². The van der Waals surface area contributed by atoms with Gasteiger partial charge in [0.2, 0.25) is 0 Å². The molecule has 0 aliphatic carbocycles. The predicted octanol–water partition coefficient (Wildman–Crippen LogP) is 4.41. The maximum absolute atomic E-state index is 12.9. The summed E-state index contributed by atoms with van der Waals surface area (Å²) in [6.45, 7) is 5.88. The molecule has 1 aromatic heterocycles. The Labute approximate surface area is 147 Å². The zero-order chi connectivity index (χ0) is 18.3. The molecule has 1 aromatic carbocycles. The lowest BCUT2D eigenvalue weighted by Gasteiger charge is -2.21. The Kier molecular flexibility index (Phi) is 7.08. The third kappa shape index (κ3) is 5.90. The van der Waals surface area contributed by atoms with E-state index in [-0.39, 0.29) is 0 Å². The molecule has 0 saturated carbocycles. The average molecular weight is 354 g/mol. The van der Waals surface area contributed by atoms with Gasteiger partial charge in [-0.3, -0.25) is 4.90 Å². The number of methoxy groups -OCH3 is 1. The van der Waals surface area contributed by atoms with Crippen LogP contribution in [0.3, 0.4) is 0 Å². The van der Waals surface area contributed by atoms with Crippen LogP contribution in [0.4, 0.5) is 13.2 Å². The monoisotopic (exact) mass is 354 g/mol. The van der Waals surface area contributed by atoms with Gasteiger partial charge in [-0.2, -0.15) is 13.2 Å². The van der Waals surface area contributed by atoms with Crippen LogP contribution in [-0.2, 0) is 24.0 Å². The molecule has 0 aliphatic heterocycles. The summed E-state index contributed by atoms with van der Waals surface area (Å²) in [5.41, 5.74) is 1.14. The molecule has 0 aliphatic rings. The molecule has 0 bridgehead atoms. The van der Waals surface area contributed by atoms with E-state index in [0.717, 1.165) is 44.4 Å². The van der Waals surface area contributed by atoms with Crippen molar-refractivity contribution in [3.63, 3.8) is 0 Å². The number of alkyl halides is 3. The first-order valence-corrected chi connectivity index (χ1v) is 8.45. The fourth-order valence-corrected chi connectivity index (χ4v) is 2.80. The van der Waals surface area contributed by atoms with Gasteiger partial charge in [0, 0.05) is 45.2 Å². The third-order valence-corrected chi connectivity index (χ3v) is 4.19. The first-order valence-electron chi connectivity index (χ1n) is 8.45. The molecule has 0 spiro atoms. The Morgan fingerprint density at radius 1 is 1.16 bits per heavy atom. The topological polar surface area (TPSA) is 17.4 Å². The van der Waals surface area contributed by atoms with Gasteiger partial charge in [-0.25, -0.2) is 0 Å². The predicted molar refractivity (Wildman–Crippen MR) is 92.4 cm³/mol. The lowest BCUT2D eigenvalue weighted by molar-refractivity contribution is -0.137. The minimum atomic E-state index is -4.31. The average Bonchev–Trinajstić information content (AvgIpc) is 3.00. The second-order valence-electron chi connectivity index (χ2n) is 6.04. The van der Waals surface area contributed by atoms with Crippen molar-refractivity contribution in [3.05, 3.63) is 59.4 Å². The van der Waals surface area contributed by atoms with Crippen LogP contribution in [0.2, 0.25) is 0 Å². The van der Waals surface area contributed by atoms with E-state index in [9.17, 15) is 13.2 Å². The van der Waals surface area contributed by atoms with Gasteiger partial charge in [-0.05, 0) is 42.8 Å². The van der Waals surface area contributed by atoms with E-state index in [1.165, 1.54) is 12.1 Å². The summed E-state index contributed by atoms with van der Waals surface area (Å²) >= 11 is 0. The molecule has 0 saturated heterocycles. The molecule has 0 fully saturated rings. The van der Waals surface area contributed by atoms with Gasteiger partial charge in [0.25, 0.3) is 0 Å². The zero-order valence-electron chi connectivity index (χ0n) is 14.7. The highest BCUT2D eigenvalue weighted by Crippen LogP contribution is 2.29. The van der Waals surface area contributed by atoms with Gasteiger partial charge in [0.1, 0.15) is 0 Å². The quantitative estimate of drug-likeness (QED) is 0.621. The van der Waals surface area contributed by atoms with Crippen LogP contribution in [0.25, 0.3) is 0 Å². The highest BCUT2D eigenvalue weighted by Gasteiger charge is 2.30. The first-order chi connectivity index (χ1) is 11.9. The summed E-state index contributed by atoms with van der Waals surface area (Å²) in [4.78, 5) is 2.30. The van der Waals surface area contributed by atoms with Crippen molar-refractivity contribution in [1.29, 1.82) is 0 Å². The molecule has 6 heteroatoms. The number of ether oxygens (including phenoxy) is 1. The van der Waals surface area contributed by atoms with E-state index < -0.39 is 11.7 Å². The van der Waals surface area contributed by atoms with E-state index in [2.05, 4.69) is 11.8 Å². The summed E-state index contributed by atoms with van der Waals surface area (Å²) < 4.78 is 45.7. The lowest BCUT2D eigenvalue weighted by atomic mass is 10.1. The molecule has 0 N–H and O–H groups in total. The molecule has 138 valence electrons. The van der Waals surface area contributed by atoms with Crippen LogP contribution >= 0.6 is 0 Å². The summed E-state index contributed by atoms with van der Waals surface area (Å²) in [5, 5.41) is 0. The van der Waals surface area contributed by atoms with Gasteiger partial charge in [-0.15, -0.1) is 0 Å². The molecule has 0 radical (unpaired) electrons. The molecule has 0 unspecified atom stereocenters. The minimum Gasteiger partial charge on any atom is -0.385 e. The van der Waals surface area contributed by atoms with Gasteiger partial charge in [0.05, 0.1) is 5.56 Å². The lowest BCUT2D eigenvalue weighted by Crippen LogP contribution is -2.26. The minimum absolute atomic E-state index is 0.432. The second kappa shape index (κ2) is 9.06. The van der Waals surface area contributed by atoms with Gasteiger partial charge in [-0.1, -0.05) is 19.1 Å². The van der Waals surface area contributed by atoms with Crippen molar-refractivity contribution in [2.75, 3.05) is 26.8 Å². The fraction of sp³-hybridized carbons (Fsp3) is 0.474. The number of hydrogen-bond acceptors (Lipinski definition) is 2. The van der Waals surface area contributed by atoms with Crippen molar-refractivity contribution in [2.24, 2.45) is 0 Å². The molecule has 0 atom stereocenters. The summed E-state index contributed by atoms with van der Waals surface area (Å²) in [5.74, 6) is 0. The molecule has 1 heterocycles. The Hall–Kier alpha value is -1.79. The highest BCUT2D eigenvalue weighted by molar-refractivity contribution is 5.26. The molecular formula is C19H25F3N2O. The van der Waals surface area contributed by atoms with Crippen molar-refractivity contribution < 1.29 is 17.9 Å². The van der Waals surface area contributed by atoms with Crippen molar-refractivity contribution in [2.45, 2.75) is 32.6 Å². The maximum Gasteiger partial charge on any atom is 0.416 e. The van der Waals surface area contributed by atoms with E-state index >= 15 is 0 Å². The Balaban J connectivity index is 2.06. The largest absolute Gasteiger partial charge is 0.416 e. The van der Waals surface area contributed by atoms with Crippen LogP contribution in [-0.4, -0.2) is 36.3 Å². The SMILES string of the molecule is CCN(CCCOC)Cc1cccn1Cc1cccc(C(F)(F)F)c1. The van der Waals surface area contributed by atoms with E-state index in [4.69, 9.17) is 4.74 Å². The van der Waals surface area contributed by atoms with E-state index in [1.807, 2.05) is 22.9 Å². The summed E-state index contributed by atoms with van der Waals surface area (Å²) in [7, 11) is 1.69. The van der Waals surface area contributed by atoms with Crippen molar-refractivity contribution >= 4 is 0 Å². The summed E-state index contributed by atoms with van der Waals surface area (Å²) in [6.07, 6.45) is -1.44. The number of hydrogen-bond donors (Lipinski definition) is 0. The number of benzene rings is 1. The van der Waals surface area contributed by atoms with Gasteiger partial charge >= 0.3 is 6.18 Å². The highest BCUT2D eigenvalue weighted by atomic mass is 19.4. The first kappa shape index (κ1) is 19.5. The van der Waals surface area contributed by atoms with Crippen LogP contribution in [0.5, 0.6) is 0 Å². The smallest absolute Gasteiger partial charge is 0.385 e. The molecule has 2 aromatic rings. The Morgan fingerprint density at radius 2 is 1.96 bits per heavy atom. The second-order valence-corrected chi connectivity index (χ2v) is 6.04. The van der Waals surface area contributed by atoms with Crippen LogP contribution in [0, 0.1) is 0 Å². The van der Waals surface area contributed by atoms with Crippen LogP contribution in [0.15, 0.2) is 42.6 Å². The molecule has 2 rings (SSSR count). The molecule has 0 amide bonds. The Bertz CT molecular complexity index is 652. The normalized spacial score (nSPS) is 12.1. The van der Waals surface area contributed by atoms with Crippen LogP contribution in [0.1, 0.15) is 30.2 Å². The zero-order valence-corrected chi connectivity index (χ0v) is 14.7. The Morgan fingerprint density at radius 3 is 2.64 bits per heavy atom. The van der Waals surface area contributed by atoms with Gasteiger partial charge in [0.15, 0.2) is 0 Å². The van der Waals surface area contributed by atoms with Crippen LogP contribution < -0.4 is 0 Å². The standard InChI is InChI=1S/C19H25F3N2O/c1-3-23(10-6-12-25-2)15-18-9-5-11-24(18)14-16-7-4-8-17(13-16)19(20,21)22/h4-5,7-9,11,13H,3,6,10,12,14-15H2,1-2H3. The molecule has 25 heavy (non-hydrogen) atoms. The van der Waals surface area contributed by atoms with Crippen molar-refractivity contribution in [1.82, 2.24) is 9.47 Å². The number of aromatic nitrogens is 1. The van der Waals surface area contributed by atoms with E-state index in [1.54, 1.807) is 13.2 Å². The van der Waals surface area contributed by atoms with E-state index in [0.29, 0.717) is 12.1 Å². The number of halogens is 3. The number of rotatable bonds is 9. The fourth-order valence-electron chi connectivity index (χ4n) is 2.80. The third-order valence-electron chi connectivity index (χ3n) is 4.19. The molecular weight excluding hydrogens is 329 g/mol. The number of nitrogens with zero attached hydrogens (tertiary/aromatic N) is 2. The summed E-state index contributed by atoms with van der Waals surface area (Å²) in [6, 6.07) is 9.48. The molecule has 3 nitrogen and oxygen atoms in total. The maximum atomic E-state index is 12.9.